The van der Waals surface area contributed by atoms with Crippen molar-refractivity contribution in [2.75, 3.05) is 12.4 Å². The van der Waals surface area contributed by atoms with E-state index >= 15 is 0 Å². The fraction of sp³-hybridized carbons (Fsp3) is 0.429. The summed E-state index contributed by atoms with van der Waals surface area (Å²) in [4.78, 5) is 4.52. The highest BCUT2D eigenvalue weighted by Crippen LogP contribution is 2.36. The molecule has 1 aliphatic rings. The van der Waals surface area contributed by atoms with E-state index in [0.717, 1.165) is 53.7 Å². The highest BCUT2D eigenvalue weighted by molar-refractivity contribution is 5.93. The first-order chi connectivity index (χ1) is 14.6. The zero-order chi connectivity index (χ0) is 20.7. The number of aromatic nitrogens is 7. The first-order valence-electron chi connectivity index (χ1n) is 10.3. The molecule has 0 aromatic carbocycles. The second kappa shape index (κ2) is 7.47. The predicted octanol–water partition coefficient (Wildman–Crippen LogP) is 3.17. The molecule has 5 rings (SSSR count). The second-order valence-corrected chi connectivity index (χ2v) is 7.91. The third kappa shape index (κ3) is 3.40. The smallest absolute Gasteiger partial charge is 0.232 e. The fourth-order valence-corrected chi connectivity index (χ4v) is 4.24. The Morgan fingerprint density at radius 1 is 1.07 bits per heavy atom. The zero-order valence-electron chi connectivity index (χ0n) is 17.5. The van der Waals surface area contributed by atoms with Gasteiger partial charge in [0.2, 0.25) is 5.88 Å². The number of hydrogen-bond acceptors (Lipinski definition) is 6. The molecule has 1 N–H and O–H groups in total. The number of hydrogen-bond donors (Lipinski definition) is 1. The van der Waals surface area contributed by atoms with Crippen LogP contribution >= 0.6 is 0 Å². The predicted molar refractivity (Wildman–Crippen MR) is 114 cm³/mol. The number of nitrogens with one attached hydrogen (secondary N) is 1. The number of fused-ring (bicyclic) bond motifs is 1. The van der Waals surface area contributed by atoms with Crippen LogP contribution in [0.25, 0.3) is 22.2 Å². The summed E-state index contributed by atoms with van der Waals surface area (Å²) < 4.78 is 11.8. The van der Waals surface area contributed by atoms with Crippen molar-refractivity contribution in [2.45, 2.75) is 37.8 Å². The van der Waals surface area contributed by atoms with E-state index < -0.39 is 0 Å². The number of aryl methyl sites for hydroxylation is 2. The lowest BCUT2D eigenvalue weighted by Gasteiger charge is -2.29. The van der Waals surface area contributed by atoms with Crippen LogP contribution in [0.3, 0.4) is 0 Å². The van der Waals surface area contributed by atoms with E-state index in [0.29, 0.717) is 11.9 Å². The zero-order valence-corrected chi connectivity index (χ0v) is 17.5. The normalized spacial score (nSPS) is 19.3. The molecule has 9 heteroatoms. The van der Waals surface area contributed by atoms with Gasteiger partial charge in [0.1, 0.15) is 17.6 Å². The van der Waals surface area contributed by atoms with Crippen LogP contribution in [0.5, 0.6) is 5.88 Å². The first-order valence-corrected chi connectivity index (χ1v) is 10.3. The number of pyridine rings is 1. The molecule has 1 fully saturated rings. The summed E-state index contributed by atoms with van der Waals surface area (Å²) in [6.45, 7) is 0. The largest absolute Gasteiger partial charge is 0.473 e. The molecule has 0 bridgehead atoms. The molecule has 0 saturated heterocycles. The number of anilines is 1. The second-order valence-electron chi connectivity index (χ2n) is 7.91. The van der Waals surface area contributed by atoms with E-state index in [-0.39, 0.29) is 6.10 Å². The molecule has 0 aliphatic heterocycles. The molecule has 1 saturated carbocycles. The number of rotatable bonds is 5. The van der Waals surface area contributed by atoms with Gasteiger partial charge in [-0.25, -0.2) is 4.98 Å². The van der Waals surface area contributed by atoms with Gasteiger partial charge in [0.05, 0.1) is 17.8 Å². The van der Waals surface area contributed by atoms with Crippen LogP contribution in [0.15, 0.2) is 36.9 Å². The fourth-order valence-electron chi connectivity index (χ4n) is 4.24. The van der Waals surface area contributed by atoms with Gasteiger partial charge in [0.15, 0.2) is 0 Å². The highest BCUT2D eigenvalue weighted by atomic mass is 16.5. The van der Waals surface area contributed by atoms with Crippen molar-refractivity contribution >= 4 is 16.7 Å². The van der Waals surface area contributed by atoms with E-state index in [9.17, 15) is 0 Å². The van der Waals surface area contributed by atoms with Crippen LogP contribution in [0.2, 0.25) is 0 Å². The maximum absolute atomic E-state index is 6.07. The molecule has 4 aromatic heterocycles. The molecule has 0 spiro atoms. The SMILES string of the molecule is CNc1cc2c(cn1)c(-c1cnn(C)c1)nn2[C@H]1CC[C@@H](Oc2ccn(C)n2)CC1. The Morgan fingerprint density at radius 2 is 1.90 bits per heavy atom. The third-order valence-electron chi connectivity index (χ3n) is 5.79. The molecule has 4 aromatic rings. The summed E-state index contributed by atoms with van der Waals surface area (Å²) in [6.07, 6.45) is 11.9. The average Bonchev–Trinajstić information content (AvgIpc) is 3.46. The monoisotopic (exact) mass is 406 g/mol. The molecule has 9 nitrogen and oxygen atoms in total. The minimum Gasteiger partial charge on any atom is -0.473 e. The lowest BCUT2D eigenvalue weighted by Crippen LogP contribution is -2.26. The number of ether oxygens (including phenoxy) is 1. The van der Waals surface area contributed by atoms with Crippen molar-refractivity contribution in [3.63, 3.8) is 0 Å². The summed E-state index contributed by atoms with van der Waals surface area (Å²) in [5.74, 6) is 1.54. The van der Waals surface area contributed by atoms with Gasteiger partial charge >= 0.3 is 0 Å². The van der Waals surface area contributed by atoms with Crippen molar-refractivity contribution in [1.82, 2.24) is 34.3 Å². The van der Waals surface area contributed by atoms with Crippen molar-refractivity contribution in [3.8, 4) is 17.1 Å². The van der Waals surface area contributed by atoms with E-state index in [1.54, 1.807) is 9.36 Å². The molecule has 30 heavy (non-hydrogen) atoms. The van der Waals surface area contributed by atoms with Gasteiger partial charge < -0.3 is 10.1 Å². The van der Waals surface area contributed by atoms with E-state index in [1.807, 2.05) is 52.0 Å². The van der Waals surface area contributed by atoms with Crippen LogP contribution in [0, 0.1) is 0 Å². The summed E-state index contributed by atoms with van der Waals surface area (Å²) >= 11 is 0. The molecule has 1 aliphatic carbocycles. The van der Waals surface area contributed by atoms with Gasteiger partial charge in [-0.3, -0.25) is 14.0 Å². The standard InChI is InChI=1S/C21H26N8O/c1-22-19-10-18-17(12-23-19)21(14-11-24-28(3)13-14)26-29(18)15-4-6-16(7-5-15)30-20-8-9-27(2)25-20/h8-13,15-16H,4-7H2,1-3H3,(H,22,23)/t15-,16+. The molecule has 4 heterocycles. The van der Waals surface area contributed by atoms with E-state index in [1.165, 1.54) is 0 Å². The molecular weight excluding hydrogens is 380 g/mol. The Balaban J connectivity index is 1.42. The van der Waals surface area contributed by atoms with Crippen LogP contribution < -0.4 is 10.1 Å². The van der Waals surface area contributed by atoms with Gasteiger partial charge in [-0.2, -0.15) is 10.2 Å². The third-order valence-corrected chi connectivity index (χ3v) is 5.79. The molecule has 0 atom stereocenters. The Morgan fingerprint density at radius 3 is 2.57 bits per heavy atom. The van der Waals surface area contributed by atoms with Crippen molar-refractivity contribution < 1.29 is 4.74 Å². The molecule has 0 radical (unpaired) electrons. The first kappa shape index (κ1) is 18.7. The summed E-state index contributed by atoms with van der Waals surface area (Å²) in [5.41, 5.74) is 3.04. The Bertz CT molecular complexity index is 1170. The van der Waals surface area contributed by atoms with Crippen LogP contribution in [-0.2, 0) is 14.1 Å². The molecule has 156 valence electrons. The van der Waals surface area contributed by atoms with Gasteiger partial charge in [0, 0.05) is 62.8 Å². The lowest BCUT2D eigenvalue weighted by atomic mass is 9.93. The number of nitrogens with zero attached hydrogens (tertiary/aromatic N) is 7. The van der Waals surface area contributed by atoms with Crippen LogP contribution in [0.4, 0.5) is 5.82 Å². The van der Waals surface area contributed by atoms with Gasteiger partial charge in [0.25, 0.3) is 0 Å². The van der Waals surface area contributed by atoms with Crippen molar-refractivity contribution in [3.05, 3.63) is 36.9 Å². The van der Waals surface area contributed by atoms with Crippen molar-refractivity contribution in [2.24, 2.45) is 14.1 Å². The van der Waals surface area contributed by atoms with E-state index in [4.69, 9.17) is 9.84 Å². The van der Waals surface area contributed by atoms with E-state index in [2.05, 4.69) is 31.2 Å². The molecule has 0 amide bonds. The summed E-state index contributed by atoms with van der Waals surface area (Å²) in [7, 11) is 5.71. The van der Waals surface area contributed by atoms with Crippen molar-refractivity contribution in [1.29, 1.82) is 0 Å². The topological polar surface area (TPSA) is 87.6 Å². The summed E-state index contributed by atoms with van der Waals surface area (Å²) in [6, 6.07) is 4.33. The highest BCUT2D eigenvalue weighted by Gasteiger charge is 2.27. The van der Waals surface area contributed by atoms with Gasteiger partial charge in [-0.15, -0.1) is 5.10 Å². The Labute approximate surface area is 174 Å². The van der Waals surface area contributed by atoms with Crippen LogP contribution in [0.1, 0.15) is 31.7 Å². The van der Waals surface area contributed by atoms with Gasteiger partial charge in [-0.05, 0) is 25.7 Å². The quantitative estimate of drug-likeness (QED) is 0.548. The molecular formula is C21H26N8O. The Kier molecular flexibility index (Phi) is 4.65. The maximum Gasteiger partial charge on any atom is 0.232 e. The minimum absolute atomic E-state index is 0.199. The Hall–Kier alpha value is -3.36. The maximum atomic E-state index is 6.07. The molecule has 0 unspecified atom stereocenters. The average molecular weight is 406 g/mol. The minimum atomic E-state index is 0.199. The van der Waals surface area contributed by atoms with Gasteiger partial charge in [-0.1, -0.05) is 0 Å². The summed E-state index contributed by atoms with van der Waals surface area (Å²) in [5, 5.41) is 17.9. The van der Waals surface area contributed by atoms with Crippen LogP contribution in [-0.4, -0.2) is 47.5 Å². The lowest BCUT2D eigenvalue weighted by molar-refractivity contribution is 0.125.